The van der Waals surface area contributed by atoms with Crippen LogP contribution in [0.2, 0.25) is 5.15 Å². The van der Waals surface area contributed by atoms with Crippen molar-refractivity contribution in [2.45, 2.75) is 6.42 Å². The molecule has 0 amide bonds. The molecule has 1 rings (SSSR count). The van der Waals surface area contributed by atoms with E-state index >= 15 is 0 Å². The predicted octanol–water partition coefficient (Wildman–Crippen LogP) is 1.68. The Hall–Kier alpha value is -0.960. The number of hydrogen-bond acceptors (Lipinski definition) is 2. The number of halogens is 1. The van der Waals surface area contributed by atoms with Crippen LogP contribution < -0.4 is 0 Å². The third-order valence-corrected chi connectivity index (χ3v) is 2.95. The second-order valence-electron chi connectivity index (χ2n) is 2.89. The zero-order chi connectivity index (χ0) is 11.3. The highest BCUT2D eigenvalue weighted by molar-refractivity contribution is 7.78. The normalized spacial score (nSPS) is 13.1. The molecule has 1 unspecified atom stereocenters. The summed E-state index contributed by atoms with van der Waals surface area (Å²) in [5.74, 6) is 0. The van der Waals surface area contributed by atoms with Gasteiger partial charge in [-0.15, -0.1) is 3.95 Å². The lowest BCUT2D eigenvalue weighted by molar-refractivity contribution is -0.414. The van der Waals surface area contributed by atoms with E-state index in [0.717, 1.165) is 5.56 Å². The average Bonchev–Trinajstić information content (AvgIpc) is 2.21. The van der Waals surface area contributed by atoms with Gasteiger partial charge in [-0.3, -0.25) is 0 Å². The summed E-state index contributed by atoms with van der Waals surface area (Å²) in [4.78, 5) is 3.93. The lowest BCUT2D eigenvalue weighted by atomic mass is 10.2. The van der Waals surface area contributed by atoms with Crippen molar-refractivity contribution in [3.63, 3.8) is 0 Å². The zero-order valence-electron chi connectivity index (χ0n) is 8.22. The molecule has 0 aliphatic heterocycles. The highest BCUT2D eigenvalue weighted by Crippen LogP contribution is 2.05. The molecule has 15 heavy (non-hydrogen) atoms. The van der Waals surface area contributed by atoms with Crippen molar-refractivity contribution in [3.8, 4) is 6.19 Å². The number of aromatic nitrogens is 1. The Morgan fingerprint density at radius 2 is 2.40 bits per heavy atom. The van der Waals surface area contributed by atoms with Crippen LogP contribution in [0.4, 0.5) is 0 Å². The van der Waals surface area contributed by atoms with Crippen LogP contribution in [0.15, 0.2) is 18.3 Å². The van der Waals surface area contributed by atoms with Crippen LogP contribution >= 0.6 is 11.6 Å². The Labute approximate surface area is 96.0 Å². The minimum atomic E-state index is -1.01. The van der Waals surface area contributed by atoms with Gasteiger partial charge < -0.3 is 4.55 Å². The summed E-state index contributed by atoms with van der Waals surface area (Å²) in [6.45, 7) is 0.482. The maximum Gasteiger partial charge on any atom is 0.467 e. The fourth-order valence-corrected chi connectivity index (χ4v) is 1.61. The molecule has 0 spiro atoms. The lowest BCUT2D eigenvalue weighted by Crippen LogP contribution is -2.13. The summed E-state index contributed by atoms with van der Waals surface area (Å²) < 4.78 is 10.6. The molecule has 1 heterocycles. The van der Waals surface area contributed by atoms with Crippen molar-refractivity contribution in [2.75, 3.05) is 12.8 Å². The zero-order valence-corrected chi connectivity index (χ0v) is 9.79. The molecule has 1 aromatic rings. The van der Waals surface area contributed by atoms with Gasteiger partial charge >= 0.3 is 6.19 Å². The van der Waals surface area contributed by atoms with E-state index < -0.39 is 11.0 Å². The molecule has 1 N–H and O–H groups in total. The minimum absolute atomic E-state index is 0.452. The van der Waals surface area contributed by atoms with Crippen molar-refractivity contribution < 1.29 is 8.50 Å². The molecule has 80 valence electrons. The molecule has 0 saturated carbocycles. The van der Waals surface area contributed by atoms with Crippen LogP contribution in [0.5, 0.6) is 0 Å². The van der Waals surface area contributed by atoms with E-state index in [2.05, 4.69) is 4.98 Å². The first-order chi connectivity index (χ1) is 7.13. The van der Waals surface area contributed by atoms with Crippen LogP contribution in [-0.2, 0) is 17.4 Å². The molecule has 0 aliphatic rings. The van der Waals surface area contributed by atoms with E-state index in [1.807, 2.05) is 12.3 Å². The Bertz CT molecular complexity index is 406. The van der Waals surface area contributed by atoms with Gasteiger partial charge in [0.05, 0.1) is 0 Å². The summed E-state index contributed by atoms with van der Waals surface area (Å²) in [6, 6.07) is 3.56. The van der Waals surface area contributed by atoms with Gasteiger partial charge in [0.2, 0.25) is 0 Å². The van der Waals surface area contributed by atoms with Crippen molar-refractivity contribution in [2.24, 2.45) is 0 Å². The highest BCUT2D eigenvalue weighted by Gasteiger charge is 2.04. The Morgan fingerprint density at radius 3 is 2.87 bits per heavy atom. The second-order valence-corrected chi connectivity index (χ2v) is 4.61. The third kappa shape index (κ3) is 3.96. The molecular weight excluding hydrogens is 234 g/mol. The molecule has 1 aromatic heterocycles. The number of rotatable bonds is 3. The number of nitriles is 1. The molecule has 1 atom stereocenters. The van der Waals surface area contributed by atoms with E-state index in [4.69, 9.17) is 16.9 Å². The summed E-state index contributed by atoms with van der Waals surface area (Å²) >= 11 is 5.64. The van der Waals surface area contributed by atoms with E-state index in [0.29, 0.717) is 18.1 Å². The molecule has 0 aromatic carbocycles. The maximum absolute atomic E-state index is 9.23. The van der Waals surface area contributed by atoms with Crippen LogP contribution in [0.25, 0.3) is 0 Å². The lowest BCUT2D eigenvalue weighted by Gasteiger charge is -1.99. The fraction of sp³-hybridized carbons (Fsp3) is 0.333. The monoisotopic (exact) mass is 244 g/mol. The Balaban J connectivity index is 2.62. The standard InChI is InChI=1S/C9H10ClN3OS/c1-15(14)13(7-11)5-4-8-2-3-9(10)12-6-8/h2-3,6H,4-5H2,1H3/p+1. The molecule has 0 saturated heterocycles. The average molecular weight is 245 g/mol. The predicted molar refractivity (Wildman–Crippen MR) is 59.6 cm³/mol. The van der Waals surface area contributed by atoms with Crippen molar-refractivity contribution in [3.05, 3.63) is 29.0 Å². The summed E-state index contributed by atoms with van der Waals surface area (Å²) in [7, 11) is -1.01. The first kappa shape index (κ1) is 12.1. The molecular formula is C9H11ClN3OS+. The number of nitrogens with zero attached hydrogens (tertiary/aromatic N) is 3. The van der Waals surface area contributed by atoms with Gasteiger partial charge in [0.1, 0.15) is 22.7 Å². The van der Waals surface area contributed by atoms with Crippen LogP contribution in [0, 0.1) is 11.5 Å². The van der Waals surface area contributed by atoms with Gasteiger partial charge in [0.25, 0.3) is 0 Å². The van der Waals surface area contributed by atoms with Crippen molar-refractivity contribution >= 4 is 22.6 Å². The topological polar surface area (TPSA) is 59.9 Å². The van der Waals surface area contributed by atoms with Gasteiger partial charge in [-0.1, -0.05) is 17.7 Å². The molecule has 0 fully saturated rings. The molecule has 0 aliphatic carbocycles. The van der Waals surface area contributed by atoms with E-state index in [1.54, 1.807) is 18.5 Å². The Morgan fingerprint density at radius 1 is 1.67 bits per heavy atom. The summed E-state index contributed by atoms with van der Waals surface area (Å²) in [5.41, 5.74) is 0.991. The highest BCUT2D eigenvalue weighted by atomic mass is 35.5. The van der Waals surface area contributed by atoms with Gasteiger partial charge in [-0.2, -0.15) is 0 Å². The molecule has 4 nitrogen and oxygen atoms in total. The largest absolute Gasteiger partial charge is 0.467 e. The third-order valence-electron chi connectivity index (χ3n) is 1.82. The van der Waals surface area contributed by atoms with Crippen molar-refractivity contribution in [1.29, 1.82) is 5.26 Å². The summed E-state index contributed by atoms with van der Waals surface area (Å²) in [6.07, 6.45) is 5.85. The maximum atomic E-state index is 9.23. The van der Waals surface area contributed by atoms with Gasteiger partial charge in [0.15, 0.2) is 5.26 Å². The van der Waals surface area contributed by atoms with Crippen LogP contribution in [0.3, 0.4) is 0 Å². The number of pyridine rings is 1. The van der Waals surface area contributed by atoms with Crippen molar-refractivity contribution in [1.82, 2.24) is 4.98 Å². The smallest absolute Gasteiger partial charge is 0.306 e. The van der Waals surface area contributed by atoms with E-state index in [9.17, 15) is 4.55 Å². The fourth-order valence-electron chi connectivity index (χ4n) is 1.03. The second kappa shape index (κ2) is 5.81. The van der Waals surface area contributed by atoms with Gasteiger partial charge in [-0.25, -0.2) is 4.98 Å². The molecule has 0 radical (unpaired) electrons. The first-order valence-electron chi connectivity index (χ1n) is 4.26. The first-order valence-corrected chi connectivity index (χ1v) is 6.19. The minimum Gasteiger partial charge on any atom is -0.306 e. The van der Waals surface area contributed by atoms with E-state index in [-0.39, 0.29) is 0 Å². The van der Waals surface area contributed by atoms with Crippen LogP contribution in [-0.4, -0.2) is 26.3 Å². The summed E-state index contributed by atoms with van der Waals surface area (Å²) in [5, 5.41) is 9.16. The number of hydrogen-bond donors (Lipinski definition) is 1. The van der Waals surface area contributed by atoms with Gasteiger partial charge in [-0.05, 0) is 11.6 Å². The quantitative estimate of drug-likeness (QED) is 0.381. The van der Waals surface area contributed by atoms with Gasteiger partial charge in [0, 0.05) is 18.9 Å². The SMILES string of the molecule is CS(O)=[N+](C#N)CCc1ccc(Cl)nc1. The Kier molecular flexibility index (Phi) is 4.69. The van der Waals surface area contributed by atoms with E-state index in [1.165, 1.54) is 3.95 Å². The molecule has 0 bridgehead atoms. The van der Waals surface area contributed by atoms with Crippen LogP contribution in [0.1, 0.15) is 5.56 Å². The molecule has 6 heteroatoms.